The van der Waals surface area contributed by atoms with Crippen molar-refractivity contribution in [2.75, 3.05) is 0 Å². The maximum atomic E-state index is 9.58. The van der Waals surface area contributed by atoms with Crippen LogP contribution < -0.4 is 0 Å². The van der Waals surface area contributed by atoms with Crippen LogP contribution >= 0.6 is 0 Å². The van der Waals surface area contributed by atoms with Gasteiger partial charge in [0.2, 0.25) is 0 Å². The molecule has 0 spiro atoms. The Labute approximate surface area is 98.8 Å². The van der Waals surface area contributed by atoms with Crippen molar-refractivity contribution in [3.63, 3.8) is 0 Å². The molecule has 1 N–H and O–H groups in total. The molecular weight excluding hydrogens is 212 g/mol. The van der Waals surface area contributed by atoms with E-state index < -0.39 is 0 Å². The van der Waals surface area contributed by atoms with Gasteiger partial charge in [0, 0.05) is 0 Å². The fourth-order valence-corrected chi connectivity index (χ4v) is 1.54. The zero-order valence-corrected chi connectivity index (χ0v) is 8.88. The van der Waals surface area contributed by atoms with Crippen molar-refractivity contribution in [3.05, 3.63) is 53.6 Å². The number of nitriles is 2. The second-order valence-electron chi connectivity index (χ2n) is 3.53. The Morgan fingerprint density at radius 2 is 1.47 bits per heavy atom. The van der Waals surface area contributed by atoms with E-state index in [4.69, 9.17) is 10.5 Å². The van der Waals surface area contributed by atoms with E-state index in [1.54, 1.807) is 42.5 Å². The number of aromatic hydroxyl groups is 1. The molecule has 0 aliphatic heterocycles. The quantitative estimate of drug-likeness (QED) is 0.803. The highest BCUT2D eigenvalue weighted by molar-refractivity contribution is 5.67. The lowest BCUT2D eigenvalue weighted by Gasteiger charge is -2.03. The van der Waals surface area contributed by atoms with Gasteiger partial charge in [-0.1, -0.05) is 18.2 Å². The van der Waals surface area contributed by atoms with Gasteiger partial charge in [-0.15, -0.1) is 0 Å². The lowest BCUT2D eigenvalue weighted by molar-refractivity contribution is 0.474. The minimum atomic E-state index is -0.0330. The molecule has 0 unspecified atom stereocenters. The summed E-state index contributed by atoms with van der Waals surface area (Å²) in [4.78, 5) is 0. The highest BCUT2D eigenvalue weighted by atomic mass is 16.3. The summed E-state index contributed by atoms with van der Waals surface area (Å²) in [5.74, 6) is -0.0330. The summed E-state index contributed by atoms with van der Waals surface area (Å²) in [7, 11) is 0. The molecule has 2 rings (SSSR count). The number of rotatable bonds is 1. The Morgan fingerprint density at radius 3 is 2.00 bits per heavy atom. The van der Waals surface area contributed by atoms with Gasteiger partial charge < -0.3 is 5.11 Å². The van der Waals surface area contributed by atoms with Crippen LogP contribution in [0.2, 0.25) is 0 Å². The number of hydrogen-bond donors (Lipinski definition) is 1. The summed E-state index contributed by atoms with van der Waals surface area (Å²) in [6.45, 7) is 0. The first-order valence-corrected chi connectivity index (χ1v) is 4.98. The molecule has 80 valence electrons. The fraction of sp³-hybridized carbons (Fsp3) is 0. The van der Waals surface area contributed by atoms with Crippen LogP contribution in [-0.2, 0) is 0 Å². The van der Waals surface area contributed by atoms with Gasteiger partial charge in [0.25, 0.3) is 0 Å². The summed E-state index contributed by atoms with van der Waals surface area (Å²) in [5, 5.41) is 27.0. The van der Waals surface area contributed by atoms with Gasteiger partial charge in [-0.25, -0.2) is 0 Å². The first kappa shape index (κ1) is 10.7. The molecule has 0 saturated heterocycles. The van der Waals surface area contributed by atoms with Crippen molar-refractivity contribution in [2.24, 2.45) is 0 Å². The van der Waals surface area contributed by atoms with Crippen molar-refractivity contribution in [1.29, 1.82) is 10.5 Å². The van der Waals surface area contributed by atoms with Gasteiger partial charge in [-0.05, 0) is 35.4 Å². The van der Waals surface area contributed by atoms with Gasteiger partial charge in [0.15, 0.2) is 0 Å². The van der Waals surface area contributed by atoms with Crippen molar-refractivity contribution >= 4 is 0 Å². The van der Waals surface area contributed by atoms with Crippen molar-refractivity contribution in [2.45, 2.75) is 0 Å². The average molecular weight is 220 g/mol. The Bertz CT molecular complexity index is 631. The summed E-state index contributed by atoms with van der Waals surface area (Å²) < 4.78 is 0. The SMILES string of the molecule is N#Cc1ccc(-c2ccc(C#N)c(O)c2)cc1. The van der Waals surface area contributed by atoms with Gasteiger partial charge in [-0.3, -0.25) is 0 Å². The molecule has 0 amide bonds. The number of phenolic OH excluding ortho intramolecular Hbond substituents is 1. The van der Waals surface area contributed by atoms with Crippen LogP contribution in [0.4, 0.5) is 0 Å². The predicted molar refractivity (Wildman–Crippen MR) is 63.0 cm³/mol. The smallest absolute Gasteiger partial charge is 0.133 e. The van der Waals surface area contributed by atoms with Crippen LogP contribution in [0.25, 0.3) is 11.1 Å². The van der Waals surface area contributed by atoms with Crippen molar-refractivity contribution in [3.8, 4) is 29.0 Å². The summed E-state index contributed by atoms with van der Waals surface area (Å²) in [5.41, 5.74) is 2.55. The number of nitrogens with zero attached hydrogens (tertiary/aromatic N) is 2. The third-order valence-corrected chi connectivity index (χ3v) is 2.47. The molecular formula is C14H8N2O. The van der Waals surface area contributed by atoms with E-state index in [9.17, 15) is 5.11 Å². The van der Waals surface area contributed by atoms with E-state index in [0.29, 0.717) is 5.56 Å². The molecule has 3 nitrogen and oxygen atoms in total. The normalized spacial score (nSPS) is 9.29. The average Bonchev–Trinajstić information content (AvgIpc) is 2.39. The first-order chi connectivity index (χ1) is 8.24. The van der Waals surface area contributed by atoms with E-state index in [-0.39, 0.29) is 11.3 Å². The third kappa shape index (κ3) is 2.09. The van der Waals surface area contributed by atoms with Gasteiger partial charge in [0.1, 0.15) is 11.8 Å². The van der Waals surface area contributed by atoms with E-state index in [1.165, 1.54) is 0 Å². The Kier molecular flexibility index (Phi) is 2.77. The fourth-order valence-electron chi connectivity index (χ4n) is 1.54. The maximum Gasteiger partial charge on any atom is 0.133 e. The van der Waals surface area contributed by atoms with Crippen molar-refractivity contribution < 1.29 is 5.11 Å². The minimum absolute atomic E-state index is 0.0330. The zero-order valence-electron chi connectivity index (χ0n) is 8.88. The molecule has 2 aromatic carbocycles. The molecule has 0 aliphatic rings. The Balaban J connectivity index is 2.44. The van der Waals surface area contributed by atoms with Crippen LogP contribution in [0.15, 0.2) is 42.5 Å². The maximum absolute atomic E-state index is 9.58. The van der Waals surface area contributed by atoms with Crippen LogP contribution in [0.1, 0.15) is 11.1 Å². The van der Waals surface area contributed by atoms with Crippen LogP contribution in [-0.4, -0.2) is 5.11 Å². The third-order valence-electron chi connectivity index (χ3n) is 2.47. The molecule has 2 aromatic rings. The lowest BCUT2D eigenvalue weighted by atomic mass is 10.0. The number of phenols is 1. The number of benzene rings is 2. The minimum Gasteiger partial charge on any atom is -0.507 e. The highest BCUT2D eigenvalue weighted by Gasteiger charge is 2.03. The van der Waals surface area contributed by atoms with Gasteiger partial charge in [-0.2, -0.15) is 10.5 Å². The topological polar surface area (TPSA) is 67.8 Å². The molecule has 0 radical (unpaired) electrons. The van der Waals surface area contributed by atoms with Crippen LogP contribution in [0.3, 0.4) is 0 Å². The van der Waals surface area contributed by atoms with E-state index in [2.05, 4.69) is 0 Å². The summed E-state index contributed by atoms with van der Waals surface area (Å²) >= 11 is 0. The van der Waals surface area contributed by atoms with Crippen LogP contribution in [0.5, 0.6) is 5.75 Å². The lowest BCUT2D eigenvalue weighted by Crippen LogP contribution is -1.81. The molecule has 0 bridgehead atoms. The van der Waals surface area contributed by atoms with Gasteiger partial charge in [0.05, 0.1) is 17.2 Å². The van der Waals surface area contributed by atoms with E-state index >= 15 is 0 Å². The molecule has 17 heavy (non-hydrogen) atoms. The molecule has 3 heteroatoms. The molecule has 0 fully saturated rings. The molecule has 0 heterocycles. The van der Waals surface area contributed by atoms with Crippen LogP contribution in [0, 0.1) is 22.7 Å². The second kappa shape index (κ2) is 4.38. The van der Waals surface area contributed by atoms with E-state index in [0.717, 1.165) is 11.1 Å². The first-order valence-electron chi connectivity index (χ1n) is 4.98. The summed E-state index contributed by atoms with van der Waals surface area (Å²) in [6.07, 6.45) is 0. The Hall–Kier alpha value is -2.78. The van der Waals surface area contributed by atoms with Gasteiger partial charge >= 0.3 is 0 Å². The molecule has 0 atom stereocenters. The largest absolute Gasteiger partial charge is 0.507 e. The highest BCUT2D eigenvalue weighted by Crippen LogP contribution is 2.26. The van der Waals surface area contributed by atoms with E-state index in [1.807, 2.05) is 12.1 Å². The molecule has 0 aliphatic carbocycles. The molecule has 0 aromatic heterocycles. The standard InChI is InChI=1S/C14H8N2O/c15-8-10-1-3-11(4-2-10)12-5-6-13(9-16)14(17)7-12/h1-7,17H. The molecule has 0 saturated carbocycles. The Morgan fingerprint density at radius 1 is 0.824 bits per heavy atom. The monoisotopic (exact) mass is 220 g/mol. The second-order valence-corrected chi connectivity index (χ2v) is 3.53. The number of hydrogen-bond acceptors (Lipinski definition) is 3. The van der Waals surface area contributed by atoms with Crippen molar-refractivity contribution in [1.82, 2.24) is 0 Å². The zero-order chi connectivity index (χ0) is 12.3. The predicted octanol–water partition coefficient (Wildman–Crippen LogP) is 2.80. The summed E-state index contributed by atoms with van der Waals surface area (Å²) in [6, 6.07) is 15.9.